The fourth-order valence-electron chi connectivity index (χ4n) is 3.76. The largest absolute Gasteiger partial charge is 0.494 e. The maximum atomic E-state index is 5.61. The third kappa shape index (κ3) is 5.39. The molecule has 1 fully saturated rings. The summed E-state index contributed by atoms with van der Waals surface area (Å²) in [6.07, 6.45) is 1.12. The summed E-state index contributed by atoms with van der Waals surface area (Å²) in [7, 11) is 0. The lowest BCUT2D eigenvalue weighted by atomic mass is 10.1. The molecule has 0 bridgehead atoms. The summed E-state index contributed by atoms with van der Waals surface area (Å²) in [5, 5.41) is 2.22. The van der Waals surface area contributed by atoms with Gasteiger partial charge in [-0.2, -0.15) is 0 Å². The van der Waals surface area contributed by atoms with Crippen molar-refractivity contribution < 1.29 is 14.4 Å². The highest BCUT2D eigenvalue weighted by Crippen LogP contribution is 2.24. The van der Waals surface area contributed by atoms with Crippen LogP contribution in [0.3, 0.4) is 0 Å². The van der Waals surface area contributed by atoms with E-state index in [-0.39, 0.29) is 0 Å². The maximum Gasteiger partial charge on any atom is 0.190 e. The molecule has 158 valence electrons. The predicted molar refractivity (Wildman–Crippen MR) is 122 cm³/mol. The number of hydrogen-bond acceptors (Lipinski definition) is 4. The molecule has 6 heteroatoms. The standard InChI is InChI=1S/C24H29N3O2S/c1-2-29-22-11-9-20(10-12-22)23-19-30-24(25-21-7-4-3-5-8-21)27(23)14-6-13-26-15-17-28-18-16-26/h3-5,7-12,19H,2,6,13-18H2,1H3/p+1. The van der Waals surface area contributed by atoms with E-state index in [0.29, 0.717) is 6.61 Å². The molecule has 1 aliphatic heterocycles. The molecule has 0 aliphatic carbocycles. The Morgan fingerprint density at radius 1 is 1.07 bits per heavy atom. The number of aromatic nitrogens is 1. The number of ether oxygens (including phenoxy) is 2. The molecule has 1 aliphatic rings. The Morgan fingerprint density at radius 2 is 1.83 bits per heavy atom. The van der Waals surface area contributed by atoms with Crippen molar-refractivity contribution in [2.45, 2.75) is 19.9 Å². The first-order valence-corrected chi connectivity index (χ1v) is 11.6. The summed E-state index contributed by atoms with van der Waals surface area (Å²) in [6, 6.07) is 18.6. The van der Waals surface area contributed by atoms with Gasteiger partial charge in [-0.15, -0.1) is 11.3 Å². The average molecular weight is 425 g/mol. The van der Waals surface area contributed by atoms with E-state index in [1.54, 1.807) is 16.2 Å². The van der Waals surface area contributed by atoms with Crippen LogP contribution >= 0.6 is 11.3 Å². The summed E-state index contributed by atoms with van der Waals surface area (Å²) in [4.78, 5) is 7.61. The van der Waals surface area contributed by atoms with Gasteiger partial charge in [0, 0.05) is 18.3 Å². The minimum atomic E-state index is 0.682. The van der Waals surface area contributed by atoms with Crippen LogP contribution in [0.2, 0.25) is 0 Å². The summed E-state index contributed by atoms with van der Waals surface area (Å²) < 4.78 is 13.5. The van der Waals surface area contributed by atoms with Crippen molar-refractivity contribution in [2.75, 3.05) is 39.5 Å². The number of hydrogen-bond donors (Lipinski definition) is 1. The number of rotatable bonds is 8. The van der Waals surface area contributed by atoms with Crippen molar-refractivity contribution >= 4 is 17.0 Å². The molecule has 2 aromatic carbocycles. The molecular weight excluding hydrogens is 394 g/mol. The summed E-state index contributed by atoms with van der Waals surface area (Å²) in [5.41, 5.74) is 3.41. The van der Waals surface area contributed by atoms with Gasteiger partial charge in [-0.1, -0.05) is 18.2 Å². The monoisotopic (exact) mass is 424 g/mol. The fraction of sp³-hybridized carbons (Fsp3) is 0.375. The quantitative estimate of drug-likeness (QED) is 0.604. The van der Waals surface area contributed by atoms with E-state index in [1.807, 2.05) is 37.3 Å². The minimum absolute atomic E-state index is 0.682. The topological polar surface area (TPSA) is 40.2 Å². The molecule has 0 atom stereocenters. The SMILES string of the molecule is CCOc1ccc(-c2csc(=Nc3ccccc3)n2CCC[NH+]2CCOCC2)cc1. The lowest BCUT2D eigenvalue weighted by Gasteiger charge is -2.23. The summed E-state index contributed by atoms with van der Waals surface area (Å²) >= 11 is 1.70. The highest BCUT2D eigenvalue weighted by Gasteiger charge is 2.14. The van der Waals surface area contributed by atoms with Crippen LogP contribution in [-0.2, 0) is 11.3 Å². The highest BCUT2D eigenvalue weighted by atomic mass is 32.1. The first-order valence-electron chi connectivity index (χ1n) is 10.8. The molecule has 0 spiro atoms. The van der Waals surface area contributed by atoms with Crippen molar-refractivity contribution in [1.82, 2.24) is 4.57 Å². The smallest absolute Gasteiger partial charge is 0.190 e. The maximum absolute atomic E-state index is 5.61. The van der Waals surface area contributed by atoms with Crippen molar-refractivity contribution in [3.63, 3.8) is 0 Å². The van der Waals surface area contributed by atoms with Crippen LogP contribution in [0.15, 0.2) is 65.0 Å². The molecule has 0 unspecified atom stereocenters. The highest BCUT2D eigenvalue weighted by molar-refractivity contribution is 7.07. The number of thiazole rings is 1. The first-order chi connectivity index (χ1) is 14.8. The summed E-state index contributed by atoms with van der Waals surface area (Å²) in [6.45, 7) is 8.81. The van der Waals surface area contributed by atoms with Gasteiger partial charge in [-0.05, 0) is 48.9 Å². The van der Waals surface area contributed by atoms with Gasteiger partial charge < -0.3 is 18.9 Å². The Labute approximate surface area is 182 Å². The molecule has 0 radical (unpaired) electrons. The zero-order chi connectivity index (χ0) is 20.6. The van der Waals surface area contributed by atoms with Crippen LogP contribution < -0.4 is 14.4 Å². The number of benzene rings is 2. The molecule has 3 aromatic rings. The second-order valence-electron chi connectivity index (χ2n) is 7.43. The van der Waals surface area contributed by atoms with Gasteiger partial charge in [0.1, 0.15) is 18.8 Å². The van der Waals surface area contributed by atoms with E-state index < -0.39 is 0 Å². The zero-order valence-corrected chi connectivity index (χ0v) is 18.4. The molecule has 1 aromatic heterocycles. The lowest BCUT2D eigenvalue weighted by molar-refractivity contribution is -0.908. The second-order valence-corrected chi connectivity index (χ2v) is 8.26. The van der Waals surface area contributed by atoms with Crippen molar-refractivity contribution in [2.24, 2.45) is 4.99 Å². The van der Waals surface area contributed by atoms with Gasteiger partial charge >= 0.3 is 0 Å². The van der Waals surface area contributed by atoms with Crippen LogP contribution in [0.4, 0.5) is 5.69 Å². The third-order valence-electron chi connectivity index (χ3n) is 5.35. The zero-order valence-electron chi connectivity index (χ0n) is 17.5. The first kappa shape index (κ1) is 20.8. The predicted octanol–water partition coefficient (Wildman–Crippen LogP) is 3.15. The number of nitrogens with zero attached hydrogens (tertiary/aromatic N) is 2. The lowest BCUT2D eigenvalue weighted by Crippen LogP contribution is -3.14. The minimum Gasteiger partial charge on any atom is -0.494 e. The third-order valence-corrected chi connectivity index (χ3v) is 6.22. The molecule has 5 nitrogen and oxygen atoms in total. The Kier molecular flexibility index (Phi) is 7.34. The average Bonchev–Trinajstić information content (AvgIpc) is 3.18. The molecule has 0 amide bonds. The molecule has 30 heavy (non-hydrogen) atoms. The Balaban J connectivity index is 1.59. The van der Waals surface area contributed by atoms with E-state index in [9.17, 15) is 0 Å². The van der Waals surface area contributed by atoms with Crippen LogP contribution in [0.1, 0.15) is 13.3 Å². The van der Waals surface area contributed by atoms with Crippen molar-refractivity contribution in [3.8, 4) is 17.0 Å². The van der Waals surface area contributed by atoms with E-state index >= 15 is 0 Å². The van der Waals surface area contributed by atoms with Gasteiger partial charge in [-0.25, -0.2) is 4.99 Å². The van der Waals surface area contributed by atoms with Gasteiger partial charge in [0.05, 0.1) is 37.7 Å². The number of para-hydroxylation sites is 1. The normalized spacial score (nSPS) is 15.4. The number of nitrogens with one attached hydrogen (secondary N) is 1. The molecule has 0 saturated carbocycles. The fourth-order valence-corrected chi connectivity index (χ4v) is 4.72. The van der Waals surface area contributed by atoms with E-state index in [4.69, 9.17) is 14.5 Å². The molecular formula is C24H30N3O2S+. The van der Waals surface area contributed by atoms with E-state index in [1.165, 1.54) is 17.8 Å². The molecule has 1 N–H and O–H groups in total. The van der Waals surface area contributed by atoms with Crippen LogP contribution in [0, 0.1) is 0 Å². The van der Waals surface area contributed by atoms with Crippen LogP contribution in [-0.4, -0.2) is 44.0 Å². The van der Waals surface area contributed by atoms with Crippen LogP contribution in [0.25, 0.3) is 11.3 Å². The second kappa shape index (κ2) is 10.6. The van der Waals surface area contributed by atoms with E-state index in [2.05, 4.69) is 34.2 Å². The van der Waals surface area contributed by atoms with Gasteiger partial charge in [-0.3, -0.25) is 0 Å². The van der Waals surface area contributed by atoms with Gasteiger partial charge in [0.15, 0.2) is 4.80 Å². The van der Waals surface area contributed by atoms with E-state index in [0.717, 1.165) is 55.5 Å². The number of quaternary nitrogens is 1. The Morgan fingerprint density at radius 3 is 2.57 bits per heavy atom. The van der Waals surface area contributed by atoms with Gasteiger partial charge in [0.2, 0.25) is 0 Å². The molecule has 2 heterocycles. The van der Waals surface area contributed by atoms with Crippen molar-refractivity contribution in [1.29, 1.82) is 0 Å². The summed E-state index contributed by atoms with van der Waals surface area (Å²) in [5.74, 6) is 0.910. The molecule has 4 rings (SSSR count). The molecule has 1 saturated heterocycles. The Hall–Kier alpha value is -2.41. The number of morpholine rings is 1. The van der Waals surface area contributed by atoms with Crippen molar-refractivity contribution in [3.05, 3.63) is 64.8 Å². The van der Waals surface area contributed by atoms with Crippen LogP contribution in [0.5, 0.6) is 5.75 Å². The van der Waals surface area contributed by atoms with Gasteiger partial charge in [0.25, 0.3) is 0 Å². The Bertz CT molecular complexity index is 974.